The topological polar surface area (TPSA) is 99.1 Å². The molecular formula is C20H14FN3O3S. The SMILES string of the molecule is N#Cc1ccc(C(=O)Nc2ccccc2NS(=O)(=O)c2ccc(F)cc2)cc1. The Labute approximate surface area is 161 Å². The fraction of sp³-hybridized carbons (Fsp3) is 0. The van der Waals surface area contributed by atoms with Gasteiger partial charge in [-0.1, -0.05) is 12.1 Å². The molecule has 0 aliphatic carbocycles. The first-order valence-corrected chi connectivity index (χ1v) is 9.56. The monoisotopic (exact) mass is 395 g/mol. The van der Waals surface area contributed by atoms with Crippen molar-refractivity contribution in [3.05, 3.63) is 89.7 Å². The first-order valence-electron chi connectivity index (χ1n) is 8.08. The number of benzene rings is 3. The molecule has 28 heavy (non-hydrogen) atoms. The van der Waals surface area contributed by atoms with Crippen molar-refractivity contribution >= 4 is 27.3 Å². The van der Waals surface area contributed by atoms with E-state index in [1.807, 2.05) is 6.07 Å². The van der Waals surface area contributed by atoms with E-state index in [1.54, 1.807) is 18.2 Å². The fourth-order valence-electron chi connectivity index (χ4n) is 2.39. The van der Waals surface area contributed by atoms with Crippen LogP contribution in [0.1, 0.15) is 15.9 Å². The maximum absolute atomic E-state index is 13.0. The summed E-state index contributed by atoms with van der Waals surface area (Å²) in [4.78, 5) is 12.3. The van der Waals surface area contributed by atoms with Crippen LogP contribution in [0.4, 0.5) is 15.8 Å². The standard InChI is InChI=1S/C20H14FN3O3S/c21-16-9-11-17(12-10-16)28(26,27)24-19-4-2-1-3-18(19)23-20(25)15-7-5-14(13-22)6-8-15/h1-12,24H,(H,23,25). The van der Waals surface area contributed by atoms with Crippen LogP contribution in [0.2, 0.25) is 0 Å². The second-order valence-corrected chi connectivity index (χ2v) is 7.43. The summed E-state index contributed by atoms with van der Waals surface area (Å²) in [6.07, 6.45) is 0. The van der Waals surface area contributed by atoms with Crippen LogP contribution in [0.3, 0.4) is 0 Å². The molecule has 0 bridgehead atoms. The highest BCUT2D eigenvalue weighted by molar-refractivity contribution is 7.92. The second kappa shape index (κ2) is 7.90. The van der Waals surface area contributed by atoms with Crippen molar-refractivity contribution in [3.8, 4) is 6.07 Å². The van der Waals surface area contributed by atoms with Gasteiger partial charge in [0.25, 0.3) is 15.9 Å². The van der Waals surface area contributed by atoms with E-state index in [4.69, 9.17) is 5.26 Å². The molecule has 0 fully saturated rings. The van der Waals surface area contributed by atoms with Crippen molar-refractivity contribution in [2.45, 2.75) is 4.90 Å². The highest BCUT2D eigenvalue weighted by atomic mass is 32.2. The minimum absolute atomic E-state index is 0.109. The van der Waals surface area contributed by atoms with E-state index in [0.29, 0.717) is 11.1 Å². The third kappa shape index (κ3) is 4.34. The van der Waals surface area contributed by atoms with Crippen molar-refractivity contribution in [2.75, 3.05) is 10.0 Å². The van der Waals surface area contributed by atoms with Crippen LogP contribution in [-0.2, 0) is 10.0 Å². The smallest absolute Gasteiger partial charge is 0.261 e. The summed E-state index contributed by atoms with van der Waals surface area (Å²) >= 11 is 0. The molecule has 0 saturated carbocycles. The number of sulfonamides is 1. The van der Waals surface area contributed by atoms with Crippen molar-refractivity contribution in [1.82, 2.24) is 0 Å². The number of para-hydroxylation sites is 2. The summed E-state index contributed by atoms with van der Waals surface area (Å²) in [5, 5.41) is 11.5. The number of nitrogens with one attached hydrogen (secondary N) is 2. The van der Waals surface area contributed by atoms with Crippen LogP contribution < -0.4 is 10.0 Å². The number of nitriles is 1. The number of carbonyl (C=O) groups excluding carboxylic acids is 1. The van der Waals surface area contributed by atoms with Crippen molar-refractivity contribution < 1.29 is 17.6 Å². The van der Waals surface area contributed by atoms with Crippen molar-refractivity contribution in [3.63, 3.8) is 0 Å². The van der Waals surface area contributed by atoms with Gasteiger partial charge < -0.3 is 5.32 Å². The van der Waals surface area contributed by atoms with Crippen LogP contribution in [0.25, 0.3) is 0 Å². The Kier molecular flexibility index (Phi) is 5.38. The van der Waals surface area contributed by atoms with Gasteiger partial charge in [0.05, 0.1) is 27.9 Å². The molecule has 140 valence electrons. The van der Waals surface area contributed by atoms with Crippen LogP contribution in [0.15, 0.2) is 77.7 Å². The predicted octanol–water partition coefficient (Wildman–Crippen LogP) is 3.75. The molecule has 0 unspecified atom stereocenters. The Morgan fingerprint density at radius 2 is 1.50 bits per heavy atom. The molecule has 1 amide bonds. The maximum atomic E-state index is 13.0. The van der Waals surface area contributed by atoms with E-state index >= 15 is 0 Å². The lowest BCUT2D eigenvalue weighted by molar-refractivity contribution is 0.102. The summed E-state index contributed by atoms with van der Waals surface area (Å²) in [5.74, 6) is -1.01. The normalized spacial score (nSPS) is 10.7. The number of rotatable bonds is 5. The molecule has 2 N–H and O–H groups in total. The van der Waals surface area contributed by atoms with Crippen molar-refractivity contribution in [2.24, 2.45) is 0 Å². The summed E-state index contributed by atoms with van der Waals surface area (Å²) in [5.41, 5.74) is 1.15. The quantitative estimate of drug-likeness (QED) is 0.687. The third-order valence-electron chi connectivity index (χ3n) is 3.82. The molecule has 0 radical (unpaired) electrons. The lowest BCUT2D eigenvalue weighted by Gasteiger charge is -2.13. The Hall–Kier alpha value is -3.70. The number of amides is 1. The van der Waals surface area contributed by atoms with Crippen LogP contribution in [-0.4, -0.2) is 14.3 Å². The molecule has 0 spiro atoms. The summed E-state index contributed by atoms with van der Waals surface area (Å²) in [6, 6.07) is 18.7. The van der Waals surface area contributed by atoms with E-state index in [2.05, 4.69) is 10.0 Å². The summed E-state index contributed by atoms with van der Waals surface area (Å²) < 4.78 is 40.5. The molecule has 6 nitrogen and oxygen atoms in total. The van der Waals surface area contributed by atoms with Crippen LogP contribution in [0, 0.1) is 17.1 Å². The zero-order chi connectivity index (χ0) is 20.1. The molecule has 3 aromatic carbocycles. The van der Waals surface area contributed by atoms with E-state index in [-0.39, 0.29) is 16.3 Å². The molecule has 0 aliphatic heterocycles. The zero-order valence-corrected chi connectivity index (χ0v) is 15.2. The second-order valence-electron chi connectivity index (χ2n) is 5.75. The summed E-state index contributed by atoms with van der Waals surface area (Å²) in [6.45, 7) is 0. The summed E-state index contributed by atoms with van der Waals surface area (Å²) in [7, 11) is -3.97. The maximum Gasteiger partial charge on any atom is 0.261 e. The first-order chi connectivity index (χ1) is 13.4. The fourth-order valence-corrected chi connectivity index (χ4v) is 3.47. The number of halogens is 1. The number of anilines is 2. The zero-order valence-electron chi connectivity index (χ0n) is 14.4. The highest BCUT2D eigenvalue weighted by Crippen LogP contribution is 2.25. The lowest BCUT2D eigenvalue weighted by atomic mass is 10.1. The predicted molar refractivity (Wildman–Crippen MR) is 103 cm³/mol. The third-order valence-corrected chi connectivity index (χ3v) is 5.20. The molecule has 0 aromatic heterocycles. The number of carbonyl (C=O) groups is 1. The van der Waals surface area contributed by atoms with E-state index < -0.39 is 21.7 Å². The highest BCUT2D eigenvalue weighted by Gasteiger charge is 2.17. The number of hydrogen-bond acceptors (Lipinski definition) is 4. The Bertz CT molecular complexity index is 1150. The average Bonchev–Trinajstić information content (AvgIpc) is 2.69. The Balaban J connectivity index is 1.83. The molecule has 0 aliphatic rings. The van der Waals surface area contributed by atoms with Gasteiger partial charge in [-0.15, -0.1) is 0 Å². The van der Waals surface area contributed by atoms with Gasteiger partial charge in [-0.3, -0.25) is 9.52 Å². The van der Waals surface area contributed by atoms with Gasteiger partial charge in [0.1, 0.15) is 5.82 Å². The molecule has 0 saturated heterocycles. The lowest BCUT2D eigenvalue weighted by Crippen LogP contribution is -2.17. The average molecular weight is 395 g/mol. The van der Waals surface area contributed by atoms with Gasteiger partial charge in [-0.2, -0.15) is 5.26 Å². The van der Waals surface area contributed by atoms with Gasteiger partial charge in [0.15, 0.2) is 0 Å². The van der Waals surface area contributed by atoms with E-state index in [1.165, 1.54) is 30.3 Å². The van der Waals surface area contributed by atoms with Gasteiger partial charge in [0.2, 0.25) is 0 Å². The van der Waals surface area contributed by atoms with Gasteiger partial charge in [-0.05, 0) is 60.7 Å². The van der Waals surface area contributed by atoms with Gasteiger partial charge in [0, 0.05) is 5.56 Å². The molecule has 0 heterocycles. The molecule has 3 aromatic rings. The number of hydrogen-bond donors (Lipinski definition) is 2. The number of nitrogens with zero attached hydrogens (tertiary/aromatic N) is 1. The molecule has 0 atom stereocenters. The Morgan fingerprint density at radius 3 is 2.11 bits per heavy atom. The van der Waals surface area contributed by atoms with Crippen LogP contribution >= 0.6 is 0 Å². The van der Waals surface area contributed by atoms with Gasteiger partial charge >= 0.3 is 0 Å². The molecule has 8 heteroatoms. The molecular weight excluding hydrogens is 381 g/mol. The van der Waals surface area contributed by atoms with E-state index in [9.17, 15) is 17.6 Å². The Morgan fingerprint density at radius 1 is 0.893 bits per heavy atom. The van der Waals surface area contributed by atoms with Crippen LogP contribution in [0.5, 0.6) is 0 Å². The van der Waals surface area contributed by atoms with Gasteiger partial charge in [-0.25, -0.2) is 12.8 Å². The van der Waals surface area contributed by atoms with E-state index in [0.717, 1.165) is 24.3 Å². The largest absolute Gasteiger partial charge is 0.320 e. The van der Waals surface area contributed by atoms with Crippen molar-refractivity contribution in [1.29, 1.82) is 5.26 Å². The molecule has 3 rings (SSSR count). The minimum Gasteiger partial charge on any atom is -0.320 e. The minimum atomic E-state index is -3.97. The first kappa shape index (κ1) is 19.1.